The normalized spacial score (nSPS) is 16.8. The highest BCUT2D eigenvalue weighted by Gasteiger charge is 2.15. The van der Waals surface area contributed by atoms with Gasteiger partial charge in [-0.2, -0.15) is 11.8 Å². The van der Waals surface area contributed by atoms with Crippen molar-refractivity contribution in [2.45, 2.75) is 13.3 Å². The van der Waals surface area contributed by atoms with Crippen molar-refractivity contribution in [3.63, 3.8) is 0 Å². The lowest BCUT2D eigenvalue weighted by Gasteiger charge is -2.10. The van der Waals surface area contributed by atoms with Crippen LogP contribution in [0, 0.1) is 5.92 Å². The van der Waals surface area contributed by atoms with Crippen molar-refractivity contribution in [1.82, 2.24) is 0 Å². The number of carbonyl (C=O) groups is 1. The number of carbonyl (C=O) groups excluding carboxylic acids is 1. The van der Waals surface area contributed by atoms with E-state index in [1.807, 2.05) is 0 Å². The van der Waals surface area contributed by atoms with E-state index < -0.39 is 0 Å². The molecule has 4 nitrogen and oxygen atoms in total. The first-order valence-electron chi connectivity index (χ1n) is 5.05. The van der Waals surface area contributed by atoms with E-state index in [1.54, 1.807) is 11.8 Å². The Bertz CT molecular complexity index is 243. The minimum Gasteiger partial charge on any atom is -0.479 e. The average Bonchev–Trinajstić information content (AvgIpc) is 2.77. The molecular formula is C10H17NO3S. The van der Waals surface area contributed by atoms with Crippen molar-refractivity contribution in [3.8, 4) is 0 Å². The van der Waals surface area contributed by atoms with Gasteiger partial charge in [0.2, 0.25) is 0 Å². The third-order valence-electron chi connectivity index (χ3n) is 2.08. The molecule has 0 aromatic carbocycles. The summed E-state index contributed by atoms with van der Waals surface area (Å²) in [5, 5.41) is 0. The first kappa shape index (κ1) is 12.4. The van der Waals surface area contributed by atoms with Crippen molar-refractivity contribution >= 4 is 23.6 Å². The summed E-state index contributed by atoms with van der Waals surface area (Å²) in [6, 6.07) is 0. The van der Waals surface area contributed by atoms with Crippen LogP contribution >= 0.6 is 11.8 Å². The third kappa shape index (κ3) is 4.55. The van der Waals surface area contributed by atoms with E-state index in [2.05, 4.69) is 16.7 Å². The molecule has 5 heteroatoms. The molecule has 0 bridgehead atoms. The van der Waals surface area contributed by atoms with Gasteiger partial charge >= 0.3 is 5.97 Å². The maximum absolute atomic E-state index is 10.8. The van der Waals surface area contributed by atoms with Crippen LogP contribution in [0.5, 0.6) is 0 Å². The molecule has 0 saturated heterocycles. The minimum atomic E-state index is -0.149. The van der Waals surface area contributed by atoms with Gasteiger partial charge in [0.15, 0.2) is 5.90 Å². The van der Waals surface area contributed by atoms with Crippen LogP contribution in [0.4, 0.5) is 0 Å². The van der Waals surface area contributed by atoms with Crippen LogP contribution in [0.15, 0.2) is 4.99 Å². The number of esters is 1. The number of hydrogen-bond donors (Lipinski definition) is 0. The van der Waals surface area contributed by atoms with E-state index in [4.69, 9.17) is 4.74 Å². The first-order chi connectivity index (χ1) is 7.24. The van der Waals surface area contributed by atoms with Gasteiger partial charge in [-0.3, -0.25) is 9.79 Å². The molecule has 0 fully saturated rings. The fourth-order valence-electron chi connectivity index (χ4n) is 1.24. The molecule has 1 rings (SSSR count). The van der Waals surface area contributed by atoms with E-state index in [0.29, 0.717) is 18.9 Å². The highest BCUT2D eigenvalue weighted by atomic mass is 32.2. The standard InChI is InChI=1S/C10H17NO3S/c1-8(10-11-4-5-14-10)7-15-6-3-9(12)13-2/h8H,3-7H2,1-2H3. The summed E-state index contributed by atoms with van der Waals surface area (Å²) in [6.45, 7) is 3.59. The fraction of sp³-hybridized carbons (Fsp3) is 0.800. The molecule has 0 saturated carbocycles. The first-order valence-corrected chi connectivity index (χ1v) is 6.21. The van der Waals surface area contributed by atoms with Gasteiger partial charge in [-0.05, 0) is 0 Å². The van der Waals surface area contributed by atoms with Gasteiger partial charge in [0, 0.05) is 17.4 Å². The molecule has 15 heavy (non-hydrogen) atoms. The molecule has 0 radical (unpaired) electrons. The second-order valence-electron chi connectivity index (χ2n) is 3.37. The van der Waals surface area contributed by atoms with Crippen LogP contribution in [0.2, 0.25) is 0 Å². The van der Waals surface area contributed by atoms with Crippen molar-refractivity contribution in [2.75, 3.05) is 31.8 Å². The van der Waals surface area contributed by atoms with E-state index in [0.717, 1.165) is 23.9 Å². The number of ether oxygens (including phenoxy) is 2. The lowest BCUT2D eigenvalue weighted by molar-refractivity contribution is -0.140. The second kappa shape index (κ2) is 6.71. The van der Waals surface area contributed by atoms with Crippen LogP contribution < -0.4 is 0 Å². The number of hydrogen-bond acceptors (Lipinski definition) is 5. The fourth-order valence-corrected chi connectivity index (χ4v) is 2.21. The summed E-state index contributed by atoms with van der Waals surface area (Å²) >= 11 is 1.73. The maximum atomic E-state index is 10.8. The Hall–Kier alpha value is -0.710. The maximum Gasteiger partial charge on any atom is 0.306 e. The van der Waals surface area contributed by atoms with Crippen LogP contribution in [-0.2, 0) is 14.3 Å². The van der Waals surface area contributed by atoms with Crippen molar-refractivity contribution in [1.29, 1.82) is 0 Å². The topological polar surface area (TPSA) is 47.9 Å². The van der Waals surface area contributed by atoms with E-state index in [-0.39, 0.29) is 5.97 Å². The molecule has 0 aromatic rings. The number of thioether (sulfide) groups is 1. The molecule has 1 atom stereocenters. The average molecular weight is 231 g/mol. The summed E-state index contributed by atoms with van der Waals surface area (Å²) in [5.74, 6) is 2.79. The van der Waals surface area contributed by atoms with E-state index >= 15 is 0 Å². The molecule has 1 aliphatic heterocycles. The Balaban J connectivity index is 2.06. The Labute approximate surface area is 94.4 Å². The molecule has 1 unspecified atom stereocenters. The molecule has 0 spiro atoms. The summed E-state index contributed by atoms with van der Waals surface area (Å²) in [5.41, 5.74) is 0. The van der Waals surface area contributed by atoms with E-state index in [9.17, 15) is 4.79 Å². The van der Waals surface area contributed by atoms with Gasteiger partial charge in [-0.1, -0.05) is 6.92 Å². The molecule has 0 aromatic heterocycles. The summed E-state index contributed by atoms with van der Waals surface area (Å²) < 4.78 is 9.92. The zero-order valence-corrected chi connectivity index (χ0v) is 10.0. The highest BCUT2D eigenvalue weighted by Crippen LogP contribution is 2.14. The van der Waals surface area contributed by atoms with Crippen molar-refractivity contribution < 1.29 is 14.3 Å². The zero-order chi connectivity index (χ0) is 11.1. The van der Waals surface area contributed by atoms with Gasteiger partial charge in [0.05, 0.1) is 20.1 Å². The Morgan fingerprint density at radius 3 is 3.13 bits per heavy atom. The number of nitrogens with zero attached hydrogens (tertiary/aromatic N) is 1. The molecule has 0 amide bonds. The molecule has 0 aliphatic carbocycles. The molecule has 86 valence electrons. The van der Waals surface area contributed by atoms with Crippen LogP contribution in [-0.4, -0.2) is 43.6 Å². The lowest BCUT2D eigenvalue weighted by atomic mass is 10.2. The van der Waals surface area contributed by atoms with Gasteiger partial charge in [0.25, 0.3) is 0 Å². The van der Waals surface area contributed by atoms with Gasteiger partial charge < -0.3 is 9.47 Å². The highest BCUT2D eigenvalue weighted by molar-refractivity contribution is 7.99. The Morgan fingerprint density at radius 1 is 1.73 bits per heavy atom. The smallest absolute Gasteiger partial charge is 0.306 e. The summed E-state index contributed by atoms with van der Waals surface area (Å²) in [7, 11) is 1.41. The second-order valence-corrected chi connectivity index (χ2v) is 4.52. The van der Waals surface area contributed by atoms with E-state index in [1.165, 1.54) is 7.11 Å². The Kier molecular flexibility index (Phi) is 5.53. The van der Waals surface area contributed by atoms with Crippen molar-refractivity contribution in [2.24, 2.45) is 10.9 Å². The number of rotatable bonds is 6. The number of aliphatic imine (C=N–C) groups is 1. The molecule has 0 N–H and O–H groups in total. The predicted molar refractivity (Wildman–Crippen MR) is 61.4 cm³/mol. The van der Waals surface area contributed by atoms with Crippen LogP contribution in [0.25, 0.3) is 0 Å². The van der Waals surface area contributed by atoms with Gasteiger partial charge in [-0.25, -0.2) is 0 Å². The van der Waals surface area contributed by atoms with Crippen LogP contribution in [0.3, 0.4) is 0 Å². The van der Waals surface area contributed by atoms with Gasteiger partial charge in [-0.15, -0.1) is 0 Å². The number of methoxy groups -OCH3 is 1. The third-order valence-corrected chi connectivity index (χ3v) is 3.30. The molecular weight excluding hydrogens is 214 g/mol. The SMILES string of the molecule is COC(=O)CCSCC(C)C1=NCCO1. The largest absolute Gasteiger partial charge is 0.479 e. The quantitative estimate of drug-likeness (QED) is 0.511. The summed E-state index contributed by atoms with van der Waals surface area (Å²) in [6.07, 6.45) is 0.473. The predicted octanol–water partition coefficient (Wildman–Crippen LogP) is 1.35. The summed E-state index contributed by atoms with van der Waals surface area (Å²) in [4.78, 5) is 15.1. The zero-order valence-electron chi connectivity index (χ0n) is 9.19. The van der Waals surface area contributed by atoms with Gasteiger partial charge in [0.1, 0.15) is 6.61 Å². The van der Waals surface area contributed by atoms with Crippen LogP contribution in [0.1, 0.15) is 13.3 Å². The Morgan fingerprint density at radius 2 is 2.53 bits per heavy atom. The molecule has 1 heterocycles. The minimum absolute atomic E-state index is 0.149. The lowest BCUT2D eigenvalue weighted by Crippen LogP contribution is -2.14. The monoisotopic (exact) mass is 231 g/mol. The van der Waals surface area contributed by atoms with Crippen molar-refractivity contribution in [3.05, 3.63) is 0 Å². The molecule has 1 aliphatic rings.